The Balaban J connectivity index is 1.46. The van der Waals surface area contributed by atoms with E-state index in [1.807, 2.05) is 26.8 Å². The van der Waals surface area contributed by atoms with Crippen molar-refractivity contribution in [3.8, 4) is 11.8 Å². The number of anilines is 1. The minimum absolute atomic E-state index is 0.0877. The van der Waals surface area contributed by atoms with Crippen molar-refractivity contribution in [2.75, 3.05) is 64.5 Å². The number of amides is 1. The molecule has 4 heterocycles. The second-order valence-corrected chi connectivity index (χ2v) is 12.6. The third-order valence-corrected chi connectivity index (χ3v) is 8.59. The molecule has 0 bridgehead atoms. The molecule has 3 aliphatic rings. The second kappa shape index (κ2) is 11.8. The van der Waals surface area contributed by atoms with Crippen molar-refractivity contribution in [1.29, 1.82) is 0 Å². The second-order valence-electron chi connectivity index (χ2n) is 11.4. The zero-order chi connectivity index (χ0) is 27.7. The maximum Gasteiger partial charge on any atom is 0.410 e. The van der Waals surface area contributed by atoms with Crippen LogP contribution in [0, 0.1) is 0 Å². The van der Waals surface area contributed by atoms with Gasteiger partial charge in [0.25, 0.3) is 0 Å². The van der Waals surface area contributed by atoms with E-state index in [4.69, 9.17) is 40.5 Å². The maximum absolute atomic E-state index is 12.6. The molecule has 2 atom stereocenters. The van der Waals surface area contributed by atoms with Gasteiger partial charge in [-0.3, -0.25) is 0 Å². The number of hydrogen-bond donors (Lipinski definition) is 0. The molecule has 0 radical (unpaired) electrons. The van der Waals surface area contributed by atoms with Gasteiger partial charge < -0.3 is 33.6 Å². The van der Waals surface area contributed by atoms with E-state index in [1.54, 1.807) is 4.90 Å². The van der Waals surface area contributed by atoms with Crippen molar-refractivity contribution >= 4 is 50.3 Å². The van der Waals surface area contributed by atoms with Gasteiger partial charge in [-0.2, -0.15) is 9.97 Å². The molecule has 10 nitrogen and oxygen atoms in total. The molecule has 39 heavy (non-hydrogen) atoms. The van der Waals surface area contributed by atoms with Gasteiger partial charge in [0.1, 0.15) is 29.6 Å². The maximum atomic E-state index is 12.6. The van der Waals surface area contributed by atoms with Gasteiger partial charge in [0.15, 0.2) is 5.75 Å². The molecule has 1 amide bonds. The number of carbonyl (C=O) groups excluding carboxylic acids is 1. The molecule has 3 fully saturated rings. The number of benzene rings is 1. The number of piperazine rings is 1. The number of likely N-dealkylation sites (N-methyl/N-ethyl adjacent to an activating group) is 1. The predicted octanol–water partition coefficient (Wildman–Crippen LogP) is 4.74. The molecule has 1 aromatic carbocycles. The molecule has 1 unspecified atom stereocenters. The number of halogens is 2. The van der Waals surface area contributed by atoms with Gasteiger partial charge in [-0.15, -0.1) is 0 Å². The van der Waals surface area contributed by atoms with Crippen molar-refractivity contribution in [2.45, 2.75) is 57.8 Å². The summed E-state index contributed by atoms with van der Waals surface area (Å²) >= 11 is 10.3. The number of hydrogen-bond acceptors (Lipinski definition) is 9. The Bertz CT molecular complexity index is 1200. The third kappa shape index (κ3) is 6.64. The van der Waals surface area contributed by atoms with Crippen molar-refractivity contribution in [2.24, 2.45) is 0 Å². The summed E-state index contributed by atoms with van der Waals surface area (Å²) in [5.41, 5.74) is 0.0919. The highest BCUT2D eigenvalue weighted by molar-refractivity contribution is 9.10. The predicted molar refractivity (Wildman–Crippen MR) is 153 cm³/mol. The molecular weight excluding hydrogens is 590 g/mol. The van der Waals surface area contributed by atoms with Gasteiger partial charge in [-0.25, -0.2) is 4.79 Å². The van der Waals surface area contributed by atoms with Crippen molar-refractivity contribution in [1.82, 2.24) is 19.8 Å². The highest BCUT2D eigenvalue weighted by Gasteiger charge is 2.30. The fourth-order valence-electron chi connectivity index (χ4n) is 5.12. The molecule has 0 aliphatic carbocycles. The zero-order valence-corrected chi connectivity index (χ0v) is 25.4. The van der Waals surface area contributed by atoms with Crippen LogP contribution in [0.5, 0.6) is 11.8 Å². The highest BCUT2D eigenvalue weighted by Crippen LogP contribution is 2.43. The number of rotatable bonds is 6. The van der Waals surface area contributed by atoms with Gasteiger partial charge in [0.05, 0.1) is 22.7 Å². The van der Waals surface area contributed by atoms with Gasteiger partial charge in [-0.1, -0.05) is 11.6 Å². The SMILES string of the molecule is CN1CCC[C@H]1COc1nc(N2CCN(C(=O)OC(C)(C)C)CC2)c2cc(Cl)c(Br)c(OC3CCOC3)c2n1. The molecule has 2 aromatic rings. The lowest BCUT2D eigenvalue weighted by Crippen LogP contribution is -2.50. The fraction of sp³-hybridized carbons (Fsp3) is 0.667. The molecule has 214 valence electrons. The van der Waals surface area contributed by atoms with Crippen LogP contribution < -0.4 is 14.4 Å². The average Bonchev–Trinajstić information content (AvgIpc) is 3.56. The highest BCUT2D eigenvalue weighted by atomic mass is 79.9. The lowest BCUT2D eigenvalue weighted by atomic mass is 10.2. The van der Waals surface area contributed by atoms with Crippen molar-refractivity contribution in [3.63, 3.8) is 0 Å². The van der Waals surface area contributed by atoms with Gasteiger partial charge in [0.2, 0.25) is 0 Å². The molecule has 5 rings (SSSR count). The Labute approximate surface area is 243 Å². The van der Waals surface area contributed by atoms with E-state index in [1.165, 1.54) is 0 Å². The minimum Gasteiger partial charge on any atom is -0.484 e. The number of aromatic nitrogens is 2. The number of fused-ring (bicyclic) bond motifs is 1. The lowest BCUT2D eigenvalue weighted by molar-refractivity contribution is 0.0240. The van der Waals surface area contributed by atoms with Crippen molar-refractivity contribution < 1.29 is 23.7 Å². The van der Waals surface area contributed by atoms with E-state index in [0.29, 0.717) is 84.6 Å². The fourth-order valence-corrected chi connectivity index (χ4v) is 5.71. The summed E-state index contributed by atoms with van der Waals surface area (Å²) in [5.74, 6) is 1.27. The van der Waals surface area contributed by atoms with Crippen LogP contribution in [0.4, 0.5) is 10.6 Å². The largest absolute Gasteiger partial charge is 0.484 e. The van der Waals surface area contributed by atoms with Gasteiger partial charge >= 0.3 is 12.1 Å². The first kappa shape index (κ1) is 28.4. The summed E-state index contributed by atoms with van der Waals surface area (Å²) in [5, 5.41) is 1.28. The Hall–Kier alpha value is -2.08. The Morgan fingerprint density at radius 2 is 1.95 bits per heavy atom. The molecular formula is C27H37BrClN5O5. The Morgan fingerprint density at radius 3 is 2.59 bits per heavy atom. The summed E-state index contributed by atoms with van der Waals surface area (Å²) in [6.45, 7) is 10.5. The molecule has 12 heteroatoms. The monoisotopic (exact) mass is 625 g/mol. The lowest BCUT2D eigenvalue weighted by Gasteiger charge is -2.36. The van der Waals surface area contributed by atoms with E-state index in [-0.39, 0.29) is 12.2 Å². The summed E-state index contributed by atoms with van der Waals surface area (Å²) in [7, 11) is 2.12. The topological polar surface area (TPSA) is 89.5 Å². The summed E-state index contributed by atoms with van der Waals surface area (Å²) < 4.78 is 24.3. The Kier molecular flexibility index (Phi) is 8.61. The smallest absolute Gasteiger partial charge is 0.410 e. The molecule has 3 aliphatic heterocycles. The van der Waals surface area contributed by atoms with Gasteiger partial charge in [-0.05, 0) is 69.2 Å². The van der Waals surface area contributed by atoms with Crippen LogP contribution in [0.3, 0.4) is 0 Å². The average molecular weight is 627 g/mol. The van der Waals surface area contributed by atoms with E-state index >= 15 is 0 Å². The quantitative estimate of drug-likeness (QED) is 0.451. The van der Waals surface area contributed by atoms with Crippen LogP contribution >= 0.6 is 27.5 Å². The molecule has 3 saturated heterocycles. The van der Waals surface area contributed by atoms with E-state index in [2.05, 4.69) is 32.8 Å². The molecule has 0 spiro atoms. The van der Waals surface area contributed by atoms with Crippen LogP contribution in [-0.2, 0) is 9.47 Å². The normalized spacial score (nSPS) is 22.5. The van der Waals surface area contributed by atoms with Crippen molar-refractivity contribution in [3.05, 3.63) is 15.6 Å². The standard InChI is InChI=1S/C27H37BrClN5O5/c1-27(2,3)39-26(35)34-11-9-33(10-12-34)24-19-14-20(29)21(28)23(38-18-7-13-36-16-18)22(19)30-25(31-24)37-15-17-6-5-8-32(17)4/h14,17-18H,5-13,15-16H2,1-4H3/t17-,18?/m0/s1. The van der Waals surface area contributed by atoms with Crippen LogP contribution in [0.25, 0.3) is 10.9 Å². The molecule has 0 saturated carbocycles. The third-order valence-electron chi connectivity index (χ3n) is 7.28. The molecule has 0 N–H and O–H groups in total. The number of likely N-dealkylation sites (tertiary alicyclic amines) is 1. The van der Waals surface area contributed by atoms with Crippen LogP contribution in [0.1, 0.15) is 40.0 Å². The zero-order valence-electron chi connectivity index (χ0n) is 23.0. The van der Waals surface area contributed by atoms with E-state index in [0.717, 1.165) is 31.2 Å². The number of carbonyl (C=O) groups is 1. The number of nitrogens with zero attached hydrogens (tertiary/aromatic N) is 5. The first-order chi connectivity index (χ1) is 18.6. The van der Waals surface area contributed by atoms with Gasteiger partial charge in [0, 0.05) is 44.0 Å². The minimum atomic E-state index is -0.540. The van der Waals surface area contributed by atoms with Crippen LogP contribution in [0.15, 0.2) is 10.5 Å². The van der Waals surface area contributed by atoms with Crippen LogP contribution in [-0.4, -0.2) is 103 Å². The van der Waals surface area contributed by atoms with Crippen LogP contribution in [0.2, 0.25) is 5.02 Å². The first-order valence-corrected chi connectivity index (χ1v) is 14.8. The number of ether oxygens (including phenoxy) is 4. The van der Waals surface area contributed by atoms with E-state index in [9.17, 15) is 4.79 Å². The summed E-state index contributed by atoms with van der Waals surface area (Å²) in [6.07, 6.45) is 2.64. The summed E-state index contributed by atoms with van der Waals surface area (Å²) in [6, 6.07) is 2.49. The molecule has 1 aromatic heterocycles. The summed E-state index contributed by atoms with van der Waals surface area (Å²) in [4.78, 5) is 28.5. The van der Waals surface area contributed by atoms with E-state index < -0.39 is 5.60 Å². The Morgan fingerprint density at radius 1 is 1.18 bits per heavy atom. The first-order valence-electron chi connectivity index (χ1n) is 13.6.